The predicted molar refractivity (Wildman–Crippen MR) is 102 cm³/mol. The molecule has 0 saturated carbocycles. The van der Waals surface area contributed by atoms with E-state index in [-0.39, 0.29) is 11.8 Å². The summed E-state index contributed by atoms with van der Waals surface area (Å²) in [6.07, 6.45) is 0.741. The van der Waals surface area contributed by atoms with Gasteiger partial charge < -0.3 is 19.3 Å². The first-order valence-corrected chi connectivity index (χ1v) is 8.99. The van der Waals surface area contributed by atoms with Crippen LogP contribution in [0.2, 0.25) is 0 Å². The Balaban J connectivity index is 1.67. The van der Waals surface area contributed by atoms with E-state index in [0.717, 1.165) is 6.42 Å². The van der Waals surface area contributed by atoms with Crippen LogP contribution >= 0.6 is 0 Å². The van der Waals surface area contributed by atoms with Gasteiger partial charge in [0, 0.05) is 37.3 Å². The van der Waals surface area contributed by atoms with Gasteiger partial charge >= 0.3 is 0 Å². The first kappa shape index (κ1) is 18.8. The summed E-state index contributed by atoms with van der Waals surface area (Å²) < 4.78 is 10.4. The lowest BCUT2D eigenvalue weighted by atomic mass is 10.2. The van der Waals surface area contributed by atoms with Crippen molar-refractivity contribution in [1.29, 1.82) is 0 Å². The maximum Gasteiger partial charge on any atom is 0.254 e. The van der Waals surface area contributed by atoms with Crippen LogP contribution in [0.25, 0.3) is 0 Å². The number of nitrogens with zero attached hydrogens (tertiary/aromatic N) is 2. The van der Waals surface area contributed by atoms with E-state index in [1.54, 1.807) is 48.3 Å². The van der Waals surface area contributed by atoms with Gasteiger partial charge in [0.25, 0.3) is 11.8 Å². The van der Waals surface area contributed by atoms with Crippen LogP contribution in [0, 0.1) is 0 Å². The summed E-state index contributed by atoms with van der Waals surface area (Å²) in [5.74, 6) is 1.24. The molecule has 142 valence electrons. The van der Waals surface area contributed by atoms with E-state index in [1.807, 2.05) is 24.3 Å². The number of ether oxygens (including phenoxy) is 2. The smallest absolute Gasteiger partial charge is 0.254 e. The maximum absolute atomic E-state index is 12.8. The molecular formula is C21H24N2O4. The lowest BCUT2D eigenvalue weighted by molar-refractivity contribution is 0.0718. The van der Waals surface area contributed by atoms with E-state index < -0.39 is 0 Å². The Morgan fingerprint density at radius 1 is 0.741 bits per heavy atom. The second kappa shape index (κ2) is 8.58. The summed E-state index contributed by atoms with van der Waals surface area (Å²) in [5.41, 5.74) is 1.20. The summed E-state index contributed by atoms with van der Waals surface area (Å²) in [4.78, 5) is 29.2. The molecule has 0 radical (unpaired) electrons. The molecule has 0 aliphatic carbocycles. The minimum Gasteiger partial charge on any atom is -0.497 e. The SMILES string of the molecule is COc1cccc(C(=O)N2CCCN(C(=O)c3cccc(OC)c3)CC2)c1. The second-order valence-electron chi connectivity index (χ2n) is 6.40. The Morgan fingerprint density at radius 2 is 1.19 bits per heavy atom. The molecule has 0 N–H and O–H groups in total. The monoisotopic (exact) mass is 368 g/mol. The Hall–Kier alpha value is -3.02. The Kier molecular flexibility index (Phi) is 5.96. The summed E-state index contributed by atoms with van der Waals surface area (Å²) >= 11 is 0. The van der Waals surface area contributed by atoms with Crippen LogP contribution in [0.4, 0.5) is 0 Å². The van der Waals surface area contributed by atoms with Crippen molar-refractivity contribution in [1.82, 2.24) is 9.80 Å². The van der Waals surface area contributed by atoms with Gasteiger partial charge in [-0.3, -0.25) is 9.59 Å². The number of carbonyl (C=O) groups is 2. The van der Waals surface area contributed by atoms with Gasteiger partial charge in [-0.1, -0.05) is 12.1 Å². The zero-order valence-electron chi connectivity index (χ0n) is 15.7. The molecule has 0 spiro atoms. The number of hydrogen-bond acceptors (Lipinski definition) is 4. The molecule has 6 nitrogen and oxygen atoms in total. The van der Waals surface area contributed by atoms with Crippen LogP contribution in [0.1, 0.15) is 27.1 Å². The normalized spacial score (nSPS) is 14.4. The highest BCUT2D eigenvalue weighted by Gasteiger charge is 2.24. The van der Waals surface area contributed by atoms with Crippen LogP contribution < -0.4 is 9.47 Å². The molecule has 2 aromatic rings. The average molecular weight is 368 g/mol. The second-order valence-corrected chi connectivity index (χ2v) is 6.40. The van der Waals surface area contributed by atoms with Gasteiger partial charge in [0.05, 0.1) is 14.2 Å². The van der Waals surface area contributed by atoms with E-state index in [1.165, 1.54) is 0 Å². The molecule has 1 saturated heterocycles. The van der Waals surface area contributed by atoms with Crippen LogP contribution in [-0.2, 0) is 0 Å². The van der Waals surface area contributed by atoms with Gasteiger partial charge in [-0.05, 0) is 42.8 Å². The highest BCUT2D eigenvalue weighted by molar-refractivity contribution is 5.96. The zero-order chi connectivity index (χ0) is 19.2. The van der Waals surface area contributed by atoms with E-state index in [9.17, 15) is 9.59 Å². The topological polar surface area (TPSA) is 59.1 Å². The van der Waals surface area contributed by atoms with Gasteiger partial charge in [-0.15, -0.1) is 0 Å². The van der Waals surface area contributed by atoms with Crippen molar-refractivity contribution in [2.75, 3.05) is 40.4 Å². The predicted octanol–water partition coefficient (Wildman–Crippen LogP) is 2.69. The maximum atomic E-state index is 12.8. The number of carbonyl (C=O) groups excluding carboxylic acids is 2. The van der Waals surface area contributed by atoms with Crippen molar-refractivity contribution in [3.8, 4) is 11.5 Å². The molecule has 2 aromatic carbocycles. The highest BCUT2D eigenvalue weighted by Crippen LogP contribution is 2.18. The quantitative estimate of drug-likeness (QED) is 0.833. The molecule has 2 amide bonds. The van der Waals surface area contributed by atoms with Crippen molar-refractivity contribution in [2.45, 2.75) is 6.42 Å². The van der Waals surface area contributed by atoms with Crippen LogP contribution in [0.5, 0.6) is 11.5 Å². The molecule has 0 aromatic heterocycles. The van der Waals surface area contributed by atoms with Crippen LogP contribution in [-0.4, -0.2) is 62.0 Å². The number of amides is 2. The van der Waals surface area contributed by atoms with Crippen LogP contribution in [0.15, 0.2) is 48.5 Å². The molecular weight excluding hydrogens is 344 g/mol. The summed E-state index contributed by atoms with van der Waals surface area (Å²) in [6, 6.07) is 14.3. The molecule has 3 rings (SSSR count). The number of rotatable bonds is 4. The van der Waals surface area contributed by atoms with Crippen molar-refractivity contribution in [3.05, 3.63) is 59.7 Å². The van der Waals surface area contributed by atoms with Crippen molar-refractivity contribution >= 4 is 11.8 Å². The molecule has 0 atom stereocenters. The minimum absolute atomic E-state index is 0.0374. The van der Waals surface area contributed by atoms with Gasteiger partial charge in [-0.2, -0.15) is 0 Å². The molecule has 1 aliphatic rings. The molecule has 1 fully saturated rings. The van der Waals surface area contributed by atoms with Crippen molar-refractivity contribution in [3.63, 3.8) is 0 Å². The fraction of sp³-hybridized carbons (Fsp3) is 0.333. The van der Waals surface area contributed by atoms with Gasteiger partial charge in [-0.25, -0.2) is 0 Å². The third-order valence-corrected chi connectivity index (χ3v) is 4.70. The molecule has 27 heavy (non-hydrogen) atoms. The first-order chi connectivity index (χ1) is 13.1. The van der Waals surface area contributed by atoms with Crippen molar-refractivity contribution < 1.29 is 19.1 Å². The van der Waals surface area contributed by atoms with E-state index in [0.29, 0.717) is 48.8 Å². The number of hydrogen-bond donors (Lipinski definition) is 0. The molecule has 6 heteroatoms. The van der Waals surface area contributed by atoms with Crippen LogP contribution in [0.3, 0.4) is 0 Å². The number of methoxy groups -OCH3 is 2. The Bertz CT molecular complexity index is 754. The number of benzene rings is 2. The average Bonchev–Trinajstić information content (AvgIpc) is 2.99. The van der Waals surface area contributed by atoms with Crippen molar-refractivity contribution in [2.24, 2.45) is 0 Å². The molecule has 1 aliphatic heterocycles. The Morgan fingerprint density at radius 3 is 1.59 bits per heavy atom. The molecule has 1 heterocycles. The third-order valence-electron chi connectivity index (χ3n) is 4.70. The minimum atomic E-state index is -0.0374. The van der Waals surface area contributed by atoms with E-state index in [2.05, 4.69) is 0 Å². The van der Waals surface area contributed by atoms with E-state index in [4.69, 9.17) is 9.47 Å². The standard InChI is InChI=1S/C21H24N2O4/c1-26-18-8-3-6-16(14-18)20(24)22-10-5-11-23(13-12-22)21(25)17-7-4-9-19(15-17)27-2/h3-4,6-9,14-15H,5,10-13H2,1-2H3. The highest BCUT2D eigenvalue weighted by atomic mass is 16.5. The van der Waals surface area contributed by atoms with Gasteiger partial charge in [0.15, 0.2) is 0 Å². The summed E-state index contributed by atoms with van der Waals surface area (Å²) in [6.45, 7) is 2.26. The van der Waals surface area contributed by atoms with Gasteiger partial charge in [0.1, 0.15) is 11.5 Å². The fourth-order valence-electron chi connectivity index (χ4n) is 3.20. The zero-order valence-corrected chi connectivity index (χ0v) is 15.7. The summed E-state index contributed by atoms with van der Waals surface area (Å²) in [5, 5.41) is 0. The largest absolute Gasteiger partial charge is 0.497 e. The first-order valence-electron chi connectivity index (χ1n) is 8.99. The Labute approximate surface area is 159 Å². The van der Waals surface area contributed by atoms with Gasteiger partial charge in [0.2, 0.25) is 0 Å². The third kappa shape index (κ3) is 4.39. The lowest BCUT2D eigenvalue weighted by Crippen LogP contribution is -2.37. The fourth-order valence-corrected chi connectivity index (χ4v) is 3.20. The summed E-state index contributed by atoms with van der Waals surface area (Å²) in [7, 11) is 3.16. The van der Waals surface area contributed by atoms with E-state index >= 15 is 0 Å². The molecule has 0 unspecified atom stereocenters. The lowest BCUT2D eigenvalue weighted by Gasteiger charge is -2.22. The molecule has 0 bridgehead atoms.